The van der Waals surface area contributed by atoms with Crippen molar-refractivity contribution >= 4 is 18.0 Å². The summed E-state index contributed by atoms with van der Waals surface area (Å²) in [5, 5.41) is 0. The molecule has 6 heteroatoms. The fourth-order valence-corrected chi connectivity index (χ4v) is 2.26. The van der Waals surface area contributed by atoms with Crippen molar-refractivity contribution in [3.05, 3.63) is 11.6 Å². The van der Waals surface area contributed by atoms with Gasteiger partial charge in [0, 0.05) is 24.9 Å². The number of hydrogen-bond acceptors (Lipinski definition) is 4. The van der Waals surface area contributed by atoms with Crippen LogP contribution in [0.2, 0.25) is 0 Å². The molecular formula is C9H10N4O2. The molecule has 0 aromatic heterocycles. The molecular weight excluding hydrogens is 196 g/mol. The molecule has 3 rings (SSSR count). The van der Waals surface area contributed by atoms with Crippen LogP contribution in [-0.4, -0.2) is 48.1 Å². The zero-order valence-corrected chi connectivity index (χ0v) is 7.93. The van der Waals surface area contributed by atoms with Gasteiger partial charge in [-0.25, -0.2) is 10.4 Å². The van der Waals surface area contributed by atoms with Crippen molar-refractivity contribution in [2.75, 3.05) is 13.1 Å². The van der Waals surface area contributed by atoms with Crippen LogP contribution in [0.3, 0.4) is 0 Å². The number of rotatable bonds is 0. The van der Waals surface area contributed by atoms with Gasteiger partial charge in [-0.05, 0) is 6.08 Å². The molecule has 0 spiro atoms. The van der Waals surface area contributed by atoms with Gasteiger partial charge in [0.25, 0.3) is 11.8 Å². The van der Waals surface area contributed by atoms with Crippen molar-refractivity contribution < 1.29 is 9.59 Å². The molecule has 0 radical (unpaired) electrons. The summed E-state index contributed by atoms with van der Waals surface area (Å²) in [7, 11) is 0. The Kier molecular flexibility index (Phi) is 1.74. The SMILES string of the molecule is O=C1NNCC2C1=CC1C(=O)N=CCN12. The summed E-state index contributed by atoms with van der Waals surface area (Å²) in [6, 6.07) is -0.347. The van der Waals surface area contributed by atoms with Gasteiger partial charge in [-0.15, -0.1) is 0 Å². The minimum Gasteiger partial charge on any atom is -0.288 e. The molecule has 1 saturated heterocycles. The Balaban J connectivity index is 1.98. The highest BCUT2D eigenvalue weighted by Gasteiger charge is 2.43. The Bertz CT molecular complexity index is 401. The molecule has 0 bridgehead atoms. The smallest absolute Gasteiger partial charge is 0.266 e. The lowest BCUT2D eigenvalue weighted by molar-refractivity contribution is -0.123. The predicted molar refractivity (Wildman–Crippen MR) is 52.0 cm³/mol. The van der Waals surface area contributed by atoms with Crippen molar-refractivity contribution in [1.29, 1.82) is 0 Å². The van der Waals surface area contributed by atoms with Crippen molar-refractivity contribution in [3.8, 4) is 0 Å². The number of nitrogens with zero attached hydrogens (tertiary/aromatic N) is 2. The van der Waals surface area contributed by atoms with Crippen molar-refractivity contribution in [2.45, 2.75) is 12.1 Å². The quantitative estimate of drug-likeness (QED) is 0.491. The highest BCUT2D eigenvalue weighted by Crippen LogP contribution is 2.26. The Hall–Kier alpha value is -1.53. The van der Waals surface area contributed by atoms with E-state index in [9.17, 15) is 9.59 Å². The Morgan fingerprint density at radius 1 is 1.47 bits per heavy atom. The summed E-state index contributed by atoms with van der Waals surface area (Å²) in [5.41, 5.74) is 6.04. The minimum atomic E-state index is -0.347. The van der Waals surface area contributed by atoms with E-state index >= 15 is 0 Å². The van der Waals surface area contributed by atoms with E-state index in [-0.39, 0.29) is 23.9 Å². The summed E-state index contributed by atoms with van der Waals surface area (Å²) in [6.45, 7) is 1.26. The molecule has 78 valence electrons. The molecule has 2 unspecified atom stereocenters. The Morgan fingerprint density at radius 3 is 3.20 bits per heavy atom. The molecule has 3 heterocycles. The van der Waals surface area contributed by atoms with Gasteiger partial charge in [-0.3, -0.25) is 19.9 Å². The van der Waals surface area contributed by atoms with Gasteiger partial charge in [0.2, 0.25) is 0 Å². The van der Waals surface area contributed by atoms with E-state index in [1.165, 1.54) is 0 Å². The third-order valence-electron chi connectivity index (χ3n) is 2.98. The molecule has 2 amide bonds. The largest absolute Gasteiger partial charge is 0.288 e. The average molecular weight is 206 g/mol. The van der Waals surface area contributed by atoms with E-state index < -0.39 is 0 Å². The van der Waals surface area contributed by atoms with Crippen LogP contribution in [0.15, 0.2) is 16.6 Å². The summed E-state index contributed by atoms with van der Waals surface area (Å²) in [6.07, 6.45) is 3.32. The number of aliphatic imine (C=N–C) groups is 1. The lowest BCUT2D eigenvalue weighted by Crippen LogP contribution is -2.56. The first-order valence-corrected chi connectivity index (χ1v) is 4.84. The number of amides is 2. The number of carbonyl (C=O) groups is 2. The van der Waals surface area contributed by atoms with Crippen LogP contribution in [0.4, 0.5) is 0 Å². The monoisotopic (exact) mass is 206 g/mol. The molecule has 0 aromatic carbocycles. The summed E-state index contributed by atoms with van der Waals surface area (Å²) >= 11 is 0. The second-order valence-electron chi connectivity index (χ2n) is 3.76. The van der Waals surface area contributed by atoms with Crippen LogP contribution in [0, 0.1) is 0 Å². The molecule has 0 aromatic rings. The highest BCUT2D eigenvalue weighted by atomic mass is 16.2. The van der Waals surface area contributed by atoms with E-state index in [1.54, 1.807) is 12.3 Å². The molecule has 2 atom stereocenters. The standard InChI is InChI=1S/C9H10N4O2/c14-8-5-3-6-9(15)10-1-2-13(6)7(5)4-11-12-8/h1,3,6-7,11H,2,4H2,(H,12,14). The van der Waals surface area contributed by atoms with E-state index in [0.29, 0.717) is 18.7 Å². The Morgan fingerprint density at radius 2 is 2.33 bits per heavy atom. The number of hydrogen-bond donors (Lipinski definition) is 2. The Labute approximate surface area is 86.0 Å². The van der Waals surface area contributed by atoms with Crippen molar-refractivity contribution in [2.24, 2.45) is 4.99 Å². The molecule has 1 fully saturated rings. The van der Waals surface area contributed by atoms with Gasteiger partial charge in [0.05, 0.1) is 6.04 Å². The van der Waals surface area contributed by atoms with Crippen molar-refractivity contribution in [1.82, 2.24) is 15.8 Å². The van der Waals surface area contributed by atoms with E-state index in [1.807, 2.05) is 4.90 Å². The van der Waals surface area contributed by atoms with E-state index in [2.05, 4.69) is 15.8 Å². The van der Waals surface area contributed by atoms with Crippen LogP contribution in [0.25, 0.3) is 0 Å². The maximum absolute atomic E-state index is 11.5. The lowest BCUT2D eigenvalue weighted by Gasteiger charge is -2.32. The van der Waals surface area contributed by atoms with Crippen LogP contribution in [0.1, 0.15) is 0 Å². The number of carbonyl (C=O) groups excluding carboxylic acids is 2. The fraction of sp³-hybridized carbons (Fsp3) is 0.444. The fourth-order valence-electron chi connectivity index (χ4n) is 2.26. The number of nitrogens with one attached hydrogen (secondary N) is 2. The van der Waals surface area contributed by atoms with Crippen molar-refractivity contribution in [3.63, 3.8) is 0 Å². The maximum Gasteiger partial charge on any atom is 0.266 e. The molecule has 0 saturated carbocycles. The highest BCUT2D eigenvalue weighted by molar-refractivity contribution is 6.00. The summed E-state index contributed by atoms with van der Waals surface area (Å²) in [4.78, 5) is 28.7. The zero-order valence-electron chi connectivity index (χ0n) is 7.93. The van der Waals surface area contributed by atoms with E-state index in [4.69, 9.17) is 0 Å². The average Bonchev–Trinajstić information content (AvgIpc) is 2.60. The zero-order chi connectivity index (χ0) is 10.4. The first-order valence-electron chi connectivity index (χ1n) is 4.84. The van der Waals surface area contributed by atoms with Gasteiger partial charge >= 0.3 is 0 Å². The van der Waals surface area contributed by atoms with Crippen LogP contribution in [-0.2, 0) is 9.59 Å². The van der Waals surface area contributed by atoms with Crippen LogP contribution < -0.4 is 10.9 Å². The molecule has 3 aliphatic rings. The van der Waals surface area contributed by atoms with Crippen LogP contribution in [0.5, 0.6) is 0 Å². The molecule has 6 nitrogen and oxygen atoms in total. The molecule has 0 aliphatic carbocycles. The first-order chi connectivity index (χ1) is 7.27. The van der Waals surface area contributed by atoms with Gasteiger partial charge in [0.1, 0.15) is 6.04 Å². The lowest BCUT2D eigenvalue weighted by atomic mass is 10.1. The van der Waals surface area contributed by atoms with Gasteiger partial charge < -0.3 is 0 Å². The molecule has 2 N–H and O–H groups in total. The second kappa shape index (κ2) is 2.98. The summed E-state index contributed by atoms with van der Waals surface area (Å²) in [5.74, 6) is -0.329. The third kappa shape index (κ3) is 1.15. The van der Waals surface area contributed by atoms with Gasteiger partial charge in [0.15, 0.2) is 0 Å². The van der Waals surface area contributed by atoms with E-state index in [0.717, 1.165) is 0 Å². The third-order valence-corrected chi connectivity index (χ3v) is 2.98. The number of fused-ring (bicyclic) bond motifs is 3. The van der Waals surface area contributed by atoms with Gasteiger partial charge in [-0.2, -0.15) is 0 Å². The molecule has 15 heavy (non-hydrogen) atoms. The topological polar surface area (TPSA) is 73.8 Å². The second-order valence-corrected chi connectivity index (χ2v) is 3.76. The van der Waals surface area contributed by atoms with Crippen LogP contribution >= 0.6 is 0 Å². The predicted octanol–water partition coefficient (Wildman–Crippen LogP) is -1.79. The summed E-state index contributed by atoms with van der Waals surface area (Å²) < 4.78 is 0. The first kappa shape index (κ1) is 8.75. The maximum atomic E-state index is 11.5. The number of hydrazine groups is 1. The van der Waals surface area contributed by atoms with Gasteiger partial charge in [-0.1, -0.05) is 0 Å². The minimum absolute atomic E-state index is 0.000509. The normalized spacial score (nSPS) is 34.5. The molecule has 3 aliphatic heterocycles.